The third kappa shape index (κ3) is 0.0697. The van der Waals surface area contributed by atoms with Crippen LogP contribution in [0.2, 0.25) is 47.7 Å². The van der Waals surface area contributed by atoms with Crippen molar-refractivity contribution < 1.29 is 11.3 Å². The van der Waals surface area contributed by atoms with Gasteiger partial charge < -0.3 is 0 Å². The fraction of sp³-hybridized carbons (Fsp3) is 0.933. The molecule has 1 spiro atoms. The maximum atomic E-state index is 11.5. The molecule has 5 atom stereocenters. The molecule has 0 aromatic rings. The van der Waals surface area contributed by atoms with Crippen LogP contribution in [0.1, 0.15) is 19.3 Å². The standard InChI is InChI=1S/C10H12NO.C5H5.Fe/c12-10-6-5-9(11-10)7-8-3-1-2-4-8;1-2-4-5-3-1;/h1-4,9H,5-7H2,(H,11,12);1-5H;. The van der Waals surface area contributed by atoms with Crippen LogP contribution in [-0.4, -0.2) is 11.9 Å². The molecule has 11 saturated heterocycles. The zero-order chi connectivity index (χ0) is 11.0. The van der Waals surface area contributed by atoms with E-state index in [2.05, 4.69) is 5.32 Å². The Kier molecular flexibility index (Phi) is 0.207. The van der Waals surface area contributed by atoms with E-state index in [0.717, 1.165) is 10.7 Å². The van der Waals surface area contributed by atoms with E-state index in [1.165, 1.54) is 56.2 Å². The number of carbonyl (C=O) groups excluding carboxylic acids is 1. The van der Waals surface area contributed by atoms with Crippen LogP contribution in [0.5, 0.6) is 0 Å². The van der Waals surface area contributed by atoms with E-state index in [1.54, 1.807) is 0 Å². The summed E-state index contributed by atoms with van der Waals surface area (Å²) in [5, 5.41) is 3.32. The van der Waals surface area contributed by atoms with Gasteiger partial charge in [-0.3, -0.25) is 0 Å². The molecule has 0 saturated carbocycles. The first-order chi connectivity index (χ1) is 8.52. The van der Waals surface area contributed by atoms with E-state index in [0.29, 0.717) is 11.9 Å². The monoisotopic (exact) mass is 283 g/mol. The molecule has 11 aliphatic heterocycles. The van der Waals surface area contributed by atoms with Crippen molar-refractivity contribution in [3.05, 3.63) is 0 Å². The summed E-state index contributed by atoms with van der Waals surface area (Å²) in [6.45, 7) is -2.80. The van der Waals surface area contributed by atoms with Crippen molar-refractivity contribution in [3.8, 4) is 0 Å². The van der Waals surface area contributed by atoms with Crippen LogP contribution in [0.4, 0.5) is 0 Å². The van der Waals surface area contributed by atoms with Gasteiger partial charge in [0.05, 0.1) is 0 Å². The van der Waals surface area contributed by atoms with Crippen molar-refractivity contribution in [3.63, 3.8) is 0 Å². The topological polar surface area (TPSA) is 29.1 Å². The van der Waals surface area contributed by atoms with Crippen LogP contribution in [0, 0.1) is 0 Å². The molecule has 1 N–H and O–H groups in total. The molecule has 11 rings (SSSR count). The Hall–Kier alpha value is -0.0105. The summed E-state index contributed by atoms with van der Waals surface area (Å²) in [6.07, 6.45) is 3.51. The predicted octanol–water partition coefficient (Wildman–Crippen LogP) is 3.41. The van der Waals surface area contributed by atoms with Crippen LogP contribution >= 0.6 is 0 Å². The minimum absolute atomic E-state index is 0.353. The quantitative estimate of drug-likeness (QED) is 0.773. The average Bonchev–Trinajstić information content (AvgIpc) is 3.25. The number of carbonyl (C=O) groups is 1. The third-order valence-electron chi connectivity index (χ3n) is 16.6. The summed E-state index contributed by atoms with van der Waals surface area (Å²) < 4.78 is 1.03. The molecule has 0 aliphatic carbocycles. The van der Waals surface area contributed by atoms with E-state index in [4.69, 9.17) is 0 Å². The molecule has 0 aromatic carbocycles. The number of hydrogen-bond acceptors (Lipinski definition) is 1. The second-order valence-electron chi connectivity index (χ2n) is 11.8. The maximum absolute atomic E-state index is 11.5. The van der Waals surface area contributed by atoms with Crippen molar-refractivity contribution in [2.75, 3.05) is 0 Å². The molecular weight excluding hydrogens is 266 g/mol. The Balaban J connectivity index is 1.34. The van der Waals surface area contributed by atoms with Gasteiger partial charge in [-0.05, 0) is 0 Å². The minimum atomic E-state index is -2.80. The van der Waals surface area contributed by atoms with Gasteiger partial charge in [0.15, 0.2) is 0 Å². The normalized spacial score (nSPS) is 121. The number of rotatable bonds is 2. The molecule has 3 heteroatoms. The molecule has 11 fully saturated rings. The van der Waals surface area contributed by atoms with Gasteiger partial charge in [0.2, 0.25) is 0 Å². The van der Waals surface area contributed by atoms with Crippen molar-refractivity contribution in [1.29, 1.82) is 0 Å². The molecule has 11 aliphatic rings. The van der Waals surface area contributed by atoms with Gasteiger partial charge in [-0.25, -0.2) is 0 Å². The van der Waals surface area contributed by atoms with Crippen molar-refractivity contribution in [1.82, 2.24) is 5.32 Å². The van der Waals surface area contributed by atoms with E-state index in [9.17, 15) is 4.79 Å². The summed E-state index contributed by atoms with van der Waals surface area (Å²) in [4.78, 5) is 24.5. The second-order valence-corrected chi connectivity index (χ2v) is 35.5. The van der Waals surface area contributed by atoms with E-state index in [1.807, 2.05) is 0 Å². The summed E-state index contributed by atoms with van der Waals surface area (Å²) >= 11 is 0. The Morgan fingerprint density at radius 2 is 1.67 bits per heavy atom. The zero-order valence-electron chi connectivity index (χ0n) is 10.2. The van der Waals surface area contributed by atoms with Crippen LogP contribution in [0.25, 0.3) is 0 Å². The Morgan fingerprint density at radius 1 is 1.06 bits per heavy atom. The van der Waals surface area contributed by atoms with Gasteiger partial charge in [-0.15, -0.1) is 0 Å². The van der Waals surface area contributed by atoms with Gasteiger partial charge in [0, 0.05) is 0 Å². The summed E-state index contributed by atoms with van der Waals surface area (Å²) in [7, 11) is 0. The molecule has 0 aromatic heterocycles. The van der Waals surface area contributed by atoms with E-state index < -0.39 is 6.51 Å². The number of amides is 1. The number of fused-ring (bicyclic) bond motifs is 10. The van der Waals surface area contributed by atoms with Crippen LogP contribution < -0.4 is 5.32 Å². The molecule has 18 heavy (non-hydrogen) atoms. The first kappa shape index (κ1) is 6.63. The Bertz CT molecular complexity index is 961. The predicted molar refractivity (Wildman–Crippen MR) is 62.2 cm³/mol. The van der Waals surface area contributed by atoms with Gasteiger partial charge in [-0.2, -0.15) is 0 Å². The second kappa shape index (κ2) is 0.561. The third-order valence-corrected chi connectivity index (χ3v) is 59.6. The SMILES string of the molecule is O=C1CCC(C[C]23[CH]4[CH]5[CH]6[CH]2[Fe]56432789[CH]3[CH]2[CH]7[CH]8[CH]39)N1. The number of hydrogen-bond donors (Lipinski definition) is 1. The summed E-state index contributed by atoms with van der Waals surface area (Å²) in [5.74, 6) is 0.353. The molecule has 11 heterocycles. The first-order valence-electron chi connectivity index (χ1n) is 8.02. The summed E-state index contributed by atoms with van der Waals surface area (Å²) in [6, 6.07) is 0.622. The number of nitrogens with one attached hydrogen (secondary N) is 1. The fourth-order valence-corrected chi connectivity index (χ4v) is 93.5. The van der Waals surface area contributed by atoms with Crippen LogP contribution in [0.15, 0.2) is 0 Å². The van der Waals surface area contributed by atoms with Gasteiger partial charge in [-0.1, -0.05) is 0 Å². The molecule has 1 amide bonds. The molecule has 0 radical (unpaired) electrons. The summed E-state index contributed by atoms with van der Waals surface area (Å²) in [5.41, 5.74) is 0. The van der Waals surface area contributed by atoms with E-state index in [-0.39, 0.29) is 0 Å². The average molecular weight is 283 g/mol. The van der Waals surface area contributed by atoms with Crippen molar-refractivity contribution in [2.45, 2.75) is 73.0 Å². The van der Waals surface area contributed by atoms with Crippen molar-refractivity contribution in [2.24, 2.45) is 0 Å². The molecule has 0 bridgehead atoms. The Morgan fingerprint density at radius 3 is 2.00 bits per heavy atom. The zero-order valence-corrected chi connectivity index (χ0v) is 11.3. The van der Waals surface area contributed by atoms with Crippen LogP contribution in [0.3, 0.4) is 0 Å². The Labute approximate surface area is 95.5 Å². The first-order valence-corrected chi connectivity index (χ1v) is 14.3. The van der Waals surface area contributed by atoms with Gasteiger partial charge in [0.25, 0.3) is 0 Å². The molecule has 5 unspecified atom stereocenters. The van der Waals surface area contributed by atoms with Gasteiger partial charge in [0.1, 0.15) is 0 Å². The molecule has 96 valence electrons. The van der Waals surface area contributed by atoms with Crippen molar-refractivity contribution >= 4 is 5.91 Å². The van der Waals surface area contributed by atoms with Crippen LogP contribution in [-0.2, 0) is 11.3 Å². The van der Waals surface area contributed by atoms with E-state index >= 15 is 0 Å². The van der Waals surface area contributed by atoms with Gasteiger partial charge >= 0.3 is 95.5 Å². The fourth-order valence-electron chi connectivity index (χ4n) is 18.4. The molecular formula is C15H17FeNO. The molecule has 2 nitrogen and oxygen atoms in total.